The van der Waals surface area contributed by atoms with E-state index < -0.39 is 0 Å². The van der Waals surface area contributed by atoms with Crippen molar-refractivity contribution in [1.82, 2.24) is 19.6 Å². The molecule has 0 unspecified atom stereocenters. The molecule has 0 N–H and O–H groups in total. The van der Waals surface area contributed by atoms with Crippen LogP contribution in [0.5, 0.6) is 0 Å². The lowest BCUT2D eigenvalue weighted by atomic mass is 10.1. The van der Waals surface area contributed by atoms with Gasteiger partial charge in [-0.25, -0.2) is 9.07 Å². The lowest BCUT2D eigenvalue weighted by Crippen LogP contribution is -2.50. The van der Waals surface area contributed by atoms with Crippen molar-refractivity contribution in [2.45, 2.75) is 20.3 Å². The zero-order valence-electron chi connectivity index (χ0n) is 14.4. The van der Waals surface area contributed by atoms with E-state index in [1.165, 1.54) is 12.1 Å². The number of hydrogen-bond donors (Lipinski definition) is 0. The van der Waals surface area contributed by atoms with Crippen LogP contribution in [-0.2, 0) is 11.2 Å². The van der Waals surface area contributed by atoms with Gasteiger partial charge in [0.1, 0.15) is 5.82 Å². The Morgan fingerprint density at radius 2 is 1.68 bits per heavy atom. The number of carbonyl (C=O) groups is 2. The number of halogens is 1. The van der Waals surface area contributed by atoms with Crippen molar-refractivity contribution in [1.29, 1.82) is 0 Å². The van der Waals surface area contributed by atoms with Crippen LogP contribution in [-0.4, -0.2) is 57.6 Å². The molecule has 0 saturated carbocycles. The first-order valence-corrected chi connectivity index (χ1v) is 8.39. The average Bonchev–Trinajstić information content (AvgIpc) is 3.05. The van der Waals surface area contributed by atoms with E-state index in [-0.39, 0.29) is 17.6 Å². The fourth-order valence-electron chi connectivity index (χ4n) is 3.09. The second-order valence-electron chi connectivity index (χ2n) is 6.04. The van der Waals surface area contributed by atoms with Crippen LogP contribution in [0, 0.1) is 5.82 Å². The maximum absolute atomic E-state index is 13.1. The molecule has 132 valence electrons. The Morgan fingerprint density at radius 1 is 1.08 bits per heavy atom. The lowest BCUT2D eigenvalue weighted by Gasteiger charge is -2.34. The van der Waals surface area contributed by atoms with Crippen LogP contribution >= 0.6 is 0 Å². The van der Waals surface area contributed by atoms with E-state index in [1.807, 2.05) is 6.92 Å². The summed E-state index contributed by atoms with van der Waals surface area (Å²) in [7, 11) is 0. The quantitative estimate of drug-likeness (QED) is 0.854. The minimum absolute atomic E-state index is 0.0328. The van der Waals surface area contributed by atoms with Crippen LogP contribution < -0.4 is 0 Å². The highest BCUT2D eigenvalue weighted by molar-refractivity contribution is 5.95. The van der Waals surface area contributed by atoms with Gasteiger partial charge in [0.25, 0.3) is 5.91 Å². The van der Waals surface area contributed by atoms with Gasteiger partial charge in [0.2, 0.25) is 5.91 Å². The van der Waals surface area contributed by atoms with Gasteiger partial charge in [-0.05, 0) is 30.7 Å². The van der Waals surface area contributed by atoms with Crippen molar-refractivity contribution >= 4 is 11.8 Å². The average molecular weight is 344 g/mol. The summed E-state index contributed by atoms with van der Waals surface area (Å²) in [5, 5.41) is 4.33. The van der Waals surface area contributed by atoms with Crippen molar-refractivity contribution in [2.24, 2.45) is 0 Å². The molecule has 0 spiro atoms. The van der Waals surface area contributed by atoms with Crippen LogP contribution in [0.15, 0.2) is 30.5 Å². The molecule has 1 aliphatic heterocycles. The van der Waals surface area contributed by atoms with E-state index in [9.17, 15) is 14.0 Å². The molecule has 1 aromatic heterocycles. The topological polar surface area (TPSA) is 58.4 Å². The Morgan fingerprint density at radius 3 is 2.24 bits per heavy atom. The fraction of sp³-hybridized carbons (Fsp3) is 0.389. The smallest absolute Gasteiger partial charge is 0.257 e. The molecule has 0 radical (unpaired) electrons. The molecule has 6 nitrogen and oxygen atoms in total. The minimum atomic E-state index is -0.311. The Labute approximate surface area is 145 Å². The number of carbonyl (C=O) groups excluding carboxylic acids is 2. The molecule has 7 heteroatoms. The summed E-state index contributed by atoms with van der Waals surface area (Å²) < 4.78 is 14.8. The maximum atomic E-state index is 13.1. The number of aromatic nitrogens is 2. The zero-order valence-corrected chi connectivity index (χ0v) is 14.4. The molecular weight excluding hydrogens is 323 g/mol. The van der Waals surface area contributed by atoms with Gasteiger partial charge >= 0.3 is 0 Å². The Balaban J connectivity index is 1.82. The first kappa shape index (κ1) is 17.1. The van der Waals surface area contributed by atoms with Crippen molar-refractivity contribution < 1.29 is 14.0 Å². The van der Waals surface area contributed by atoms with Crippen LogP contribution in [0.3, 0.4) is 0 Å². The number of hydrogen-bond acceptors (Lipinski definition) is 3. The summed E-state index contributed by atoms with van der Waals surface area (Å²) in [6.07, 6.45) is 2.20. The summed E-state index contributed by atoms with van der Waals surface area (Å²) >= 11 is 0. The summed E-state index contributed by atoms with van der Waals surface area (Å²) in [6, 6.07) is 6.03. The molecule has 0 bridgehead atoms. The summed E-state index contributed by atoms with van der Waals surface area (Å²) in [5.41, 5.74) is 2.08. The third-order valence-electron chi connectivity index (χ3n) is 4.52. The number of benzene rings is 1. The molecule has 1 fully saturated rings. The van der Waals surface area contributed by atoms with Gasteiger partial charge in [-0.15, -0.1) is 0 Å². The van der Waals surface area contributed by atoms with Gasteiger partial charge in [-0.2, -0.15) is 5.10 Å². The molecule has 0 atom stereocenters. The van der Waals surface area contributed by atoms with E-state index >= 15 is 0 Å². The van der Waals surface area contributed by atoms with E-state index in [0.717, 1.165) is 11.4 Å². The molecule has 2 amide bonds. The van der Waals surface area contributed by atoms with E-state index in [2.05, 4.69) is 5.10 Å². The van der Waals surface area contributed by atoms with Gasteiger partial charge in [0.05, 0.1) is 23.1 Å². The van der Waals surface area contributed by atoms with Gasteiger partial charge in [0, 0.05) is 33.1 Å². The predicted octanol–water partition coefficient (Wildman–Crippen LogP) is 1.88. The number of rotatable bonds is 3. The first-order valence-electron chi connectivity index (χ1n) is 8.39. The monoisotopic (exact) mass is 344 g/mol. The highest BCUT2D eigenvalue weighted by Crippen LogP contribution is 2.19. The normalized spacial score (nSPS) is 14.7. The summed E-state index contributed by atoms with van der Waals surface area (Å²) in [5.74, 6) is -0.354. The molecule has 25 heavy (non-hydrogen) atoms. The van der Waals surface area contributed by atoms with Crippen molar-refractivity contribution in [2.75, 3.05) is 26.2 Å². The molecule has 2 aromatic rings. The van der Waals surface area contributed by atoms with E-state index in [1.54, 1.807) is 39.7 Å². The van der Waals surface area contributed by atoms with Gasteiger partial charge in [-0.3, -0.25) is 9.59 Å². The number of nitrogens with zero attached hydrogens (tertiary/aromatic N) is 4. The minimum Gasteiger partial charge on any atom is -0.339 e. The maximum Gasteiger partial charge on any atom is 0.257 e. The predicted molar refractivity (Wildman–Crippen MR) is 91.1 cm³/mol. The summed E-state index contributed by atoms with van der Waals surface area (Å²) in [4.78, 5) is 27.8. The van der Waals surface area contributed by atoms with Crippen molar-refractivity contribution in [3.63, 3.8) is 0 Å². The molecule has 1 aliphatic rings. The standard InChI is InChI=1S/C18H21FN4O2/c1-3-17-16(12-20-23(17)15-6-4-14(19)5-7-15)18(25)22-10-8-21(9-11-22)13(2)24/h4-7,12H,3,8-11H2,1-2H3. The Kier molecular flexibility index (Phi) is 4.83. The van der Waals surface area contributed by atoms with Crippen LogP contribution in [0.4, 0.5) is 4.39 Å². The third-order valence-corrected chi connectivity index (χ3v) is 4.52. The van der Waals surface area contributed by atoms with Crippen LogP contribution in [0.1, 0.15) is 29.9 Å². The highest BCUT2D eigenvalue weighted by atomic mass is 19.1. The molecule has 1 saturated heterocycles. The highest BCUT2D eigenvalue weighted by Gasteiger charge is 2.26. The van der Waals surface area contributed by atoms with Crippen LogP contribution in [0.25, 0.3) is 5.69 Å². The third kappa shape index (κ3) is 3.40. The Bertz CT molecular complexity index is 777. The molecular formula is C18H21FN4O2. The number of amides is 2. The van der Waals surface area contributed by atoms with Gasteiger partial charge in [0.15, 0.2) is 0 Å². The van der Waals surface area contributed by atoms with E-state index in [0.29, 0.717) is 38.2 Å². The van der Waals surface area contributed by atoms with Crippen molar-refractivity contribution in [3.8, 4) is 5.69 Å². The first-order chi connectivity index (χ1) is 12.0. The SMILES string of the molecule is CCc1c(C(=O)N2CCN(C(C)=O)CC2)cnn1-c1ccc(F)cc1. The van der Waals surface area contributed by atoms with E-state index in [4.69, 9.17) is 0 Å². The molecule has 1 aromatic carbocycles. The summed E-state index contributed by atoms with van der Waals surface area (Å²) in [6.45, 7) is 5.64. The lowest BCUT2D eigenvalue weighted by molar-refractivity contribution is -0.130. The Hall–Kier alpha value is -2.70. The van der Waals surface area contributed by atoms with Crippen LogP contribution in [0.2, 0.25) is 0 Å². The van der Waals surface area contributed by atoms with Gasteiger partial charge in [-0.1, -0.05) is 6.92 Å². The molecule has 0 aliphatic carbocycles. The molecule has 2 heterocycles. The second kappa shape index (κ2) is 7.04. The number of piperazine rings is 1. The molecule has 3 rings (SSSR count). The fourth-order valence-corrected chi connectivity index (χ4v) is 3.09. The second-order valence-corrected chi connectivity index (χ2v) is 6.04. The zero-order chi connectivity index (χ0) is 18.0. The van der Waals surface area contributed by atoms with Gasteiger partial charge < -0.3 is 9.80 Å². The largest absolute Gasteiger partial charge is 0.339 e. The van der Waals surface area contributed by atoms with Crippen molar-refractivity contribution in [3.05, 3.63) is 47.5 Å².